The van der Waals surface area contributed by atoms with Gasteiger partial charge in [-0.25, -0.2) is 0 Å². The average molecular weight is 417 g/mol. The zero-order valence-electron chi connectivity index (χ0n) is 13.0. The topological polar surface area (TPSA) is 97.4 Å². The van der Waals surface area contributed by atoms with Crippen LogP contribution in [0.4, 0.5) is 5.69 Å². The Kier molecular flexibility index (Phi) is 7.97. The van der Waals surface area contributed by atoms with E-state index in [2.05, 4.69) is 26.6 Å². The van der Waals surface area contributed by atoms with E-state index in [9.17, 15) is 9.59 Å². The van der Waals surface area contributed by atoms with Crippen molar-refractivity contribution in [3.8, 4) is 0 Å². The first kappa shape index (κ1) is 20.2. The minimum absolute atomic E-state index is 0. The predicted molar refractivity (Wildman–Crippen MR) is 98.7 cm³/mol. The maximum absolute atomic E-state index is 11.9. The summed E-state index contributed by atoms with van der Waals surface area (Å²) in [6, 6.07) is 9.88. The molecule has 0 bridgehead atoms. The summed E-state index contributed by atoms with van der Waals surface area (Å²) in [5.41, 5.74) is 6.73. The molecule has 0 saturated carbocycles. The monoisotopic (exact) mass is 415 g/mol. The average Bonchev–Trinajstić information content (AvgIpc) is 2.94. The third-order valence-electron chi connectivity index (χ3n) is 3.09. The van der Waals surface area contributed by atoms with Crippen molar-refractivity contribution in [2.24, 2.45) is 5.73 Å². The van der Waals surface area contributed by atoms with Crippen LogP contribution in [0.2, 0.25) is 0 Å². The number of halogens is 2. The molecule has 1 aromatic carbocycles. The van der Waals surface area contributed by atoms with E-state index in [1.54, 1.807) is 36.4 Å². The molecule has 1 atom stereocenters. The summed E-state index contributed by atoms with van der Waals surface area (Å²) in [5, 5.41) is 5.49. The van der Waals surface area contributed by atoms with E-state index in [0.29, 0.717) is 22.5 Å². The highest BCUT2D eigenvalue weighted by Crippen LogP contribution is 2.16. The number of hydrogen-bond acceptors (Lipinski definition) is 4. The summed E-state index contributed by atoms with van der Waals surface area (Å²) in [4.78, 5) is 23.9. The number of carbonyl (C=O) groups is 2. The summed E-state index contributed by atoms with van der Waals surface area (Å²) in [5.74, 6) is -0.321. The van der Waals surface area contributed by atoms with Crippen LogP contribution in [0, 0.1) is 0 Å². The fourth-order valence-corrected chi connectivity index (χ4v) is 2.16. The van der Waals surface area contributed by atoms with Gasteiger partial charge < -0.3 is 20.8 Å². The molecule has 0 aliphatic rings. The molecule has 0 fully saturated rings. The Labute approximate surface area is 154 Å². The number of benzene rings is 1. The summed E-state index contributed by atoms with van der Waals surface area (Å²) >= 11 is 3.14. The Balaban J connectivity index is 0.00000288. The van der Waals surface area contributed by atoms with Gasteiger partial charge in [-0.1, -0.05) is 0 Å². The molecule has 4 N–H and O–H groups in total. The van der Waals surface area contributed by atoms with Gasteiger partial charge in [-0.3, -0.25) is 9.59 Å². The molecule has 2 rings (SSSR count). The van der Waals surface area contributed by atoms with Crippen LogP contribution in [0.3, 0.4) is 0 Å². The van der Waals surface area contributed by atoms with Crippen molar-refractivity contribution in [2.45, 2.75) is 19.4 Å². The molecule has 1 heterocycles. The lowest BCUT2D eigenvalue weighted by Crippen LogP contribution is -2.28. The maximum atomic E-state index is 11.9. The molecule has 0 aliphatic carbocycles. The van der Waals surface area contributed by atoms with Crippen molar-refractivity contribution in [2.75, 3.05) is 11.9 Å². The molecule has 2 aromatic rings. The van der Waals surface area contributed by atoms with Crippen LogP contribution in [-0.2, 0) is 0 Å². The molecule has 8 heteroatoms. The minimum atomic E-state index is -0.357. The number of amides is 2. The van der Waals surface area contributed by atoms with E-state index in [1.807, 2.05) is 6.92 Å². The molecular weight excluding hydrogens is 398 g/mol. The van der Waals surface area contributed by atoms with Crippen molar-refractivity contribution in [1.29, 1.82) is 0 Å². The molecule has 1 unspecified atom stereocenters. The molecule has 24 heavy (non-hydrogen) atoms. The smallest absolute Gasteiger partial charge is 0.291 e. The molecule has 0 aliphatic heterocycles. The number of furan rings is 1. The lowest BCUT2D eigenvalue weighted by molar-refractivity contribution is 0.0952. The summed E-state index contributed by atoms with van der Waals surface area (Å²) in [6.07, 6.45) is 0.721. The van der Waals surface area contributed by atoms with Crippen molar-refractivity contribution in [3.63, 3.8) is 0 Å². The molecule has 0 saturated heterocycles. The zero-order valence-corrected chi connectivity index (χ0v) is 15.4. The predicted octanol–water partition coefficient (Wildman–Crippen LogP) is 3.18. The number of nitrogens with two attached hydrogens (primary N) is 1. The van der Waals surface area contributed by atoms with Crippen molar-refractivity contribution < 1.29 is 14.0 Å². The van der Waals surface area contributed by atoms with E-state index in [-0.39, 0.29) is 36.0 Å². The van der Waals surface area contributed by atoms with Crippen LogP contribution >= 0.6 is 28.3 Å². The van der Waals surface area contributed by atoms with Crippen LogP contribution in [-0.4, -0.2) is 24.4 Å². The van der Waals surface area contributed by atoms with E-state index < -0.39 is 0 Å². The molecule has 2 amide bonds. The van der Waals surface area contributed by atoms with Crippen molar-refractivity contribution >= 4 is 45.8 Å². The Morgan fingerprint density at radius 3 is 2.38 bits per heavy atom. The van der Waals surface area contributed by atoms with Crippen LogP contribution in [0.5, 0.6) is 0 Å². The number of rotatable bonds is 6. The van der Waals surface area contributed by atoms with E-state index >= 15 is 0 Å². The Bertz CT molecular complexity index is 686. The highest BCUT2D eigenvalue weighted by atomic mass is 79.9. The maximum Gasteiger partial charge on any atom is 0.291 e. The van der Waals surface area contributed by atoms with Crippen LogP contribution < -0.4 is 16.4 Å². The molecule has 6 nitrogen and oxygen atoms in total. The number of carbonyl (C=O) groups excluding carboxylic acids is 2. The number of anilines is 1. The lowest BCUT2D eigenvalue weighted by atomic mass is 10.2. The molecule has 130 valence electrons. The third-order valence-corrected chi connectivity index (χ3v) is 3.51. The second kappa shape index (κ2) is 9.46. The SMILES string of the molecule is CC(N)CCNC(=O)c1ccc(NC(=O)c2ccc(Br)o2)cc1.Cl. The highest BCUT2D eigenvalue weighted by Gasteiger charge is 2.11. The van der Waals surface area contributed by atoms with E-state index in [1.165, 1.54) is 0 Å². The van der Waals surface area contributed by atoms with Gasteiger partial charge in [0.25, 0.3) is 11.8 Å². The second-order valence-corrected chi connectivity index (χ2v) is 5.94. The Hall–Kier alpha value is -1.83. The fraction of sp³-hybridized carbons (Fsp3) is 0.250. The fourth-order valence-electron chi connectivity index (χ4n) is 1.85. The first-order valence-corrected chi connectivity index (χ1v) is 7.95. The first-order valence-electron chi connectivity index (χ1n) is 7.16. The normalized spacial score (nSPS) is 11.3. The molecule has 1 aromatic heterocycles. The zero-order chi connectivity index (χ0) is 16.8. The summed E-state index contributed by atoms with van der Waals surface area (Å²) in [7, 11) is 0. The third kappa shape index (κ3) is 5.99. The van der Waals surface area contributed by atoms with Crippen LogP contribution in [0.1, 0.15) is 34.3 Å². The minimum Gasteiger partial charge on any atom is -0.444 e. The van der Waals surface area contributed by atoms with Gasteiger partial charge in [0.2, 0.25) is 0 Å². The quantitative estimate of drug-likeness (QED) is 0.673. The van der Waals surface area contributed by atoms with Gasteiger partial charge in [0.1, 0.15) is 0 Å². The van der Waals surface area contributed by atoms with Gasteiger partial charge in [-0.15, -0.1) is 12.4 Å². The highest BCUT2D eigenvalue weighted by molar-refractivity contribution is 9.10. The standard InChI is InChI=1S/C16H18BrN3O3.ClH/c1-10(18)8-9-19-15(21)11-2-4-12(5-3-11)20-16(22)13-6-7-14(17)23-13;/h2-7,10H,8-9,18H2,1H3,(H,19,21)(H,20,22);1H. The Morgan fingerprint density at radius 2 is 1.83 bits per heavy atom. The van der Waals surface area contributed by atoms with Gasteiger partial charge in [0.05, 0.1) is 0 Å². The molecular formula is C16H19BrClN3O3. The number of nitrogens with one attached hydrogen (secondary N) is 2. The van der Waals surface area contributed by atoms with Gasteiger partial charge in [-0.2, -0.15) is 0 Å². The van der Waals surface area contributed by atoms with Gasteiger partial charge in [-0.05, 0) is 65.7 Å². The van der Waals surface area contributed by atoms with Gasteiger partial charge in [0, 0.05) is 23.8 Å². The van der Waals surface area contributed by atoms with Gasteiger partial charge in [0.15, 0.2) is 10.4 Å². The van der Waals surface area contributed by atoms with E-state index in [4.69, 9.17) is 10.2 Å². The second-order valence-electron chi connectivity index (χ2n) is 5.16. The number of hydrogen-bond donors (Lipinski definition) is 3. The summed E-state index contributed by atoms with van der Waals surface area (Å²) in [6.45, 7) is 2.42. The summed E-state index contributed by atoms with van der Waals surface area (Å²) < 4.78 is 5.66. The van der Waals surface area contributed by atoms with E-state index in [0.717, 1.165) is 6.42 Å². The van der Waals surface area contributed by atoms with Crippen molar-refractivity contribution in [1.82, 2.24) is 5.32 Å². The molecule has 0 radical (unpaired) electrons. The first-order chi connectivity index (χ1) is 11.0. The van der Waals surface area contributed by atoms with Crippen LogP contribution in [0.15, 0.2) is 45.5 Å². The lowest BCUT2D eigenvalue weighted by Gasteiger charge is -2.08. The molecule has 0 spiro atoms. The van der Waals surface area contributed by atoms with Crippen molar-refractivity contribution in [3.05, 3.63) is 52.4 Å². The largest absolute Gasteiger partial charge is 0.444 e. The van der Waals surface area contributed by atoms with Crippen LogP contribution in [0.25, 0.3) is 0 Å². The Morgan fingerprint density at radius 1 is 1.17 bits per heavy atom. The van der Waals surface area contributed by atoms with Gasteiger partial charge >= 0.3 is 0 Å².